The summed E-state index contributed by atoms with van der Waals surface area (Å²) in [6, 6.07) is 78.5. The summed E-state index contributed by atoms with van der Waals surface area (Å²) in [5.41, 5.74) is 13.1. The Morgan fingerprint density at radius 3 is 1.71 bits per heavy atom. The Labute approximate surface area is 357 Å². The summed E-state index contributed by atoms with van der Waals surface area (Å²) in [6.45, 7) is 0. The summed E-state index contributed by atoms with van der Waals surface area (Å²) < 4.78 is 4.74. The molecule has 0 aliphatic heterocycles. The lowest BCUT2D eigenvalue weighted by Gasteiger charge is -2.15. The molecule has 0 amide bonds. The number of pyridine rings is 1. The number of para-hydroxylation sites is 3. The number of benzene rings is 10. The molecule has 4 heteroatoms. The minimum atomic E-state index is 0.918. The second-order valence-electron chi connectivity index (χ2n) is 16.2. The van der Waals surface area contributed by atoms with Gasteiger partial charge in [0.2, 0.25) is 0 Å². The fourth-order valence-electron chi connectivity index (χ4n) is 9.81. The molecule has 3 aromatic heterocycles. The minimum absolute atomic E-state index is 0.918. The van der Waals surface area contributed by atoms with Gasteiger partial charge in [-0.15, -0.1) is 0 Å². The van der Waals surface area contributed by atoms with E-state index < -0.39 is 0 Å². The number of imidazole rings is 1. The maximum atomic E-state index is 5.39. The number of aromatic nitrogens is 4. The van der Waals surface area contributed by atoms with Gasteiger partial charge in [0.05, 0.1) is 39.0 Å². The zero-order valence-electron chi connectivity index (χ0n) is 33.6. The number of hydrogen-bond donors (Lipinski definition) is 0. The lowest BCUT2D eigenvalue weighted by atomic mass is 9.98. The van der Waals surface area contributed by atoms with Crippen LogP contribution in [-0.4, -0.2) is 19.1 Å². The molecule has 0 atom stereocenters. The van der Waals surface area contributed by atoms with E-state index in [1.54, 1.807) is 0 Å². The zero-order chi connectivity index (χ0) is 40.7. The summed E-state index contributed by atoms with van der Waals surface area (Å²) in [6.07, 6.45) is 0. The van der Waals surface area contributed by atoms with Crippen LogP contribution in [0.1, 0.15) is 0 Å². The van der Waals surface area contributed by atoms with E-state index in [4.69, 9.17) is 9.97 Å². The second-order valence-corrected chi connectivity index (χ2v) is 16.2. The van der Waals surface area contributed by atoms with Crippen molar-refractivity contribution in [2.45, 2.75) is 0 Å². The van der Waals surface area contributed by atoms with E-state index in [1.807, 2.05) is 0 Å². The highest BCUT2D eigenvalue weighted by atomic mass is 15.1. The highest BCUT2D eigenvalue weighted by molar-refractivity contribution is 6.19. The first-order valence-corrected chi connectivity index (χ1v) is 21.2. The van der Waals surface area contributed by atoms with E-state index in [-0.39, 0.29) is 0 Å². The normalized spacial score (nSPS) is 11.9. The molecule has 0 saturated carbocycles. The van der Waals surface area contributed by atoms with E-state index in [2.05, 4.69) is 228 Å². The molecule has 62 heavy (non-hydrogen) atoms. The lowest BCUT2D eigenvalue weighted by Crippen LogP contribution is -1.99. The smallest absolute Gasteiger partial charge is 0.145 e. The molecule has 3 heterocycles. The van der Waals surface area contributed by atoms with Gasteiger partial charge in [-0.05, 0) is 87.3 Å². The van der Waals surface area contributed by atoms with Gasteiger partial charge in [-0.3, -0.25) is 4.57 Å². The molecule has 0 fully saturated rings. The third-order valence-corrected chi connectivity index (χ3v) is 12.7. The van der Waals surface area contributed by atoms with Crippen molar-refractivity contribution >= 4 is 76.1 Å². The van der Waals surface area contributed by atoms with Crippen molar-refractivity contribution in [3.05, 3.63) is 218 Å². The molecule has 10 aromatic carbocycles. The Hall–Kier alpha value is -8.34. The predicted molar refractivity (Wildman–Crippen MR) is 260 cm³/mol. The van der Waals surface area contributed by atoms with Gasteiger partial charge in [-0.2, -0.15) is 0 Å². The predicted octanol–water partition coefficient (Wildman–Crippen LogP) is 15.1. The molecule has 0 N–H and O–H groups in total. The number of nitrogens with zero attached hydrogens (tertiary/aromatic N) is 4. The van der Waals surface area contributed by atoms with Crippen LogP contribution < -0.4 is 0 Å². The van der Waals surface area contributed by atoms with Gasteiger partial charge in [0, 0.05) is 43.7 Å². The average molecular weight is 789 g/mol. The fraction of sp³-hybridized carbons (Fsp3) is 0. The number of hydrogen-bond acceptors (Lipinski definition) is 2. The molecule has 0 unspecified atom stereocenters. The van der Waals surface area contributed by atoms with Crippen molar-refractivity contribution < 1.29 is 0 Å². The SMILES string of the molecule is c1ccc(-c2nc3cc4c5cc(-c6ccc(-c7nc8ccccc8n7-c7cc8ccccc8c8ccccc78)cc6)ccc5n(-c5ccccc5)c4cc3c3ccccc23)cc1. The highest BCUT2D eigenvalue weighted by Crippen LogP contribution is 2.41. The molecule has 0 bridgehead atoms. The Balaban J connectivity index is 0.987. The van der Waals surface area contributed by atoms with Gasteiger partial charge in [-0.1, -0.05) is 164 Å². The lowest BCUT2D eigenvalue weighted by molar-refractivity contribution is 1.12. The van der Waals surface area contributed by atoms with Gasteiger partial charge >= 0.3 is 0 Å². The molecule has 288 valence electrons. The van der Waals surface area contributed by atoms with Crippen LogP contribution in [0.2, 0.25) is 0 Å². The van der Waals surface area contributed by atoms with Crippen molar-refractivity contribution in [2.75, 3.05) is 0 Å². The third-order valence-electron chi connectivity index (χ3n) is 12.7. The first-order valence-electron chi connectivity index (χ1n) is 21.2. The van der Waals surface area contributed by atoms with Gasteiger partial charge in [0.25, 0.3) is 0 Å². The summed E-state index contributed by atoms with van der Waals surface area (Å²) in [4.78, 5) is 10.7. The van der Waals surface area contributed by atoms with Gasteiger partial charge < -0.3 is 4.57 Å². The van der Waals surface area contributed by atoms with Crippen molar-refractivity contribution in [1.82, 2.24) is 19.1 Å². The van der Waals surface area contributed by atoms with Crippen LogP contribution >= 0.6 is 0 Å². The van der Waals surface area contributed by atoms with E-state index in [1.165, 1.54) is 37.7 Å². The van der Waals surface area contributed by atoms with Crippen LogP contribution in [0.3, 0.4) is 0 Å². The molecule has 4 nitrogen and oxygen atoms in total. The summed E-state index contributed by atoms with van der Waals surface area (Å²) >= 11 is 0. The van der Waals surface area contributed by atoms with E-state index in [9.17, 15) is 0 Å². The Kier molecular flexibility index (Phi) is 7.57. The van der Waals surface area contributed by atoms with Crippen LogP contribution in [0.25, 0.3) is 121 Å². The molecule has 0 saturated heterocycles. The monoisotopic (exact) mass is 788 g/mol. The molecular formula is C58H36N4. The van der Waals surface area contributed by atoms with Crippen LogP contribution in [-0.2, 0) is 0 Å². The van der Waals surface area contributed by atoms with E-state index >= 15 is 0 Å². The van der Waals surface area contributed by atoms with Crippen molar-refractivity contribution in [3.8, 4) is 45.1 Å². The van der Waals surface area contributed by atoms with Crippen LogP contribution in [0.15, 0.2) is 218 Å². The Morgan fingerprint density at radius 2 is 0.903 bits per heavy atom. The van der Waals surface area contributed by atoms with Crippen LogP contribution in [0, 0.1) is 0 Å². The molecule has 0 radical (unpaired) electrons. The average Bonchev–Trinajstić information content (AvgIpc) is 3.89. The molecular weight excluding hydrogens is 753 g/mol. The largest absolute Gasteiger partial charge is 0.309 e. The van der Waals surface area contributed by atoms with Crippen LogP contribution in [0.5, 0.6) is 0 Å². The topological polar surface area (TPSA) is 35.6 Å². The standard InChI is InChI=1S/C58H36N4/c1-3-15-38(16-4-1)57-47-24-12-10-22-45(47)48-36-56-50(35-52(48)59-57)49-33-40(31-32-53(49)61(56)42-18-5-2-6-19-42)37-27-29-39(30-28-37)58-60-51-25-13-14-26-54(51)62(58)55-34-41-17-7-8-20-43(41)44-21-9-11-23-46(44)55/h1-36H. The van der Waals surface area contributed by atoms with E-state index in [0.717, 1.165) is 83.5 Å². The Morgan fingerprint density at radius 1 is 0.290 bits per heavy atom. The molecule has 0 spiro atoms. The maximum absolute atomic E-state index is 5.39. The quantitative estimate of drug-likeness (QED) is 0.163. The van der Waals surface area contributed by atoms with Crippen molar-refractivity contribution in [1.29, 1.82) is 0 Å². The van der Waals surface area contributed by atoms with Gasteiger partial charge in [-0.25, -0.2) is 9.97 Å². The molecule has 13 rings (SSSR count). The second kappa shape index (κ2) is 13.6. The van der Waals surface area contributed by atoms with Crippen molar-refractivity contribution in [3.63, 3.8) is 0 Å². The summed E-state index contributed by atoms with van der Waals surface area (Å²) in [5, 5.41) is 10.7. The van der Waals surface area contributed by atoms with Gasteiger partial charge in [0.1, 0.15) is 5.82 Å². The Bertz CT molecular complexity index is 3900. The van der Waals surface area contributed by atoms with E-state index in [0.29, 0.717) is 0 Å². The summed E-state index contributed by atoms with van der Waals surface area (Å²) in [5.74, 6) is 0.918. The highest BCUT2D eigenvalue weighted by Gasteiger charge is 2.20. The number of fused-ring (bicyclic) bond motifs is 10. The first kappa shape index (κ1) is 34.5. The molecule has 0 aliphatic rings. The molecule has 0 aliphatic carbocycles. The van der Waals surface area contributed by atoms with Crippen LogP contribution in [0.4, 0.5) is 0 Å². The summed E-state index contributed by atoms with van der Waals surface area (Å²) in [7, 11) is 0. The maximum Gasteiger partial charge on any atom is 0.145 e. The first-order chi connectivity index (χ1) is 30.7. The van der Waals surface area contributed by atoms with Gasteiger partial charge in [0.15, 0.2) is 0 Å². The third kappa shape index (κ3) is 5.27. The fourth-order valence-corrected chi connectivity index (χ4v) is 9.81. The number of rotatable bonds is 5. The van der Waals surface area contributed by atoms with Crippen molar-refractivity contribution in [2.24, 2.45) is 0 Å². The zero-order valence-corrected chi connectivity index (χ0v) is 33.6. The molecule has 13 aromatic rings. The minimum Gasteiger partial charge on any atom is -0.309 e.